The molecule has 0 aromatic heterocycles. The Balaban J connectivity index is 3.33. The lowest BCUT2D eigenvalue weighted by molar-refractivity contribution is 0.101. The molecule has 13 heavy (non-hydrogen) atoms. The summed E-state index contributed by atoms with van der Waals surface area (Å²) in [5.41, 5.74) is 5.12. The highest BCUT2D eigenvalue weighted by atomic mass is 35.5. The molecule has 5 heteroatoms. The average molecular weight is 204 g/mol. The van der Waals surface area contributed by atoms with E-state index in [4.69, 9.17) is 22.4 Å². The fourth-order valence-corrected chi connectivity index (χ4v) is 1.07. The summed E-state index contributed by atoms with van der Waals surface area (Å²) in [6.07, 6.45) is 0. The first-order valence-corrected chi connectivity index (χ1v) is 3.97. The van der Waals surface area contributed by atoms with Gasteiger partial charge in [-0.1, -0.05) is 0 Å². The number of benzene rings is 1. The second-order valence-corrected chi connectivity index (χ2v) is 2.68. The Hall–Kier alpha value is -1.29. The number of carbonyl (C=O) groups is 1. The Morgan fingerprint density at radius 1 is 1.62 bits per heavy atom. The van der Waals surface area contributed by atoms with Crippen LogP contribution in [0.4, 0.5) is 10.1 Å². The van der Waals surface area contributed by atoms with Crippen LogP contribution in [-0.2, 0) is 0 Å². The molecule has 0 unspecified atom stereocenters. The third-order valence-electron chi connectivity index (χ3n) is 1.56. The van der Waals surface area contributed by atoms with Crippen molar-refractivity contribution in [2.45, 2.75) is 0 Å². The number of phenolic OH excluding ortho intramolecular Hbond substituents is 1. The zero-order chi connectivity index (χ0) is 10.0. The number of phenols is 1. The largest absolute Gasteiger partial charge is 0.504 e. The third kappa shape index (κ3) is 1.72. The Morgan fingerprint density at radius 3 is 2.77 bits per heavy atom. The minimum absolute atomic E-state index is 0.0181. The minimum Gasteiger partial charge on any atom is -0.504 e. The van der Waals surface area contributed by atoms with Crippen LogP contribution < -0.4 is 5.73 Å². The standard InChI is InChI=1S/C8H7ClFNO2/c9-3-6(12)7-5(11)2-1-4(10)8(7)13/h1-2,13H,3,11H2. The maximum atomic E-state index is 12.8. The Bertz CT molecular complexity index is 354. The van der Waals surface area contributed by atoms with Crippen molar-refractivity contribution in [2.24, 2.45) is 0 Å². The number of aromatic hydroxyl groups is 1. The highest BCUT2D eigenvalue weighted by Gasteiger charge is 2.16. The van der Waals surface area contributed by atoms with Gasteiger partial charge in [-0.2, -0.15) is 0 Å². The smallest absolute Gasteiger partial charge is 0.183 e. The lowest BCUT2D eigenvalue weighted by Crippen LogP contribution is -2.06. The molecule has 0 bridgehead atoms. The summed E-state index contributed by atoms with van der Waals surface area (Å²) >= 11 is 5.24. The molecule has 3 N–H and O–H groups in total. The lowest BCUT2D eigenvalue weighted by Gasteiger charge is -2.05. The number of carbonyl (C=O) groups excluding carboxylic acids is 1. The first-order valence-electron chi connectivity index (χ1n) is 3.44. The van der Waals surface area contributed by atoms with Crippen molar-refractivity contribution in [3.05, 3.63) is 23.5 Å². The van der Waals surface area contributed by atoms with Crippen LogP contribution in [0.3, 0.4) is 0 Å². The number of hydrogen-bond donors (Lipinski definition) is 2. The van der Waals surface area contributed by atoms with Gasteiger partial charge in [-0.25, -0.2) is 4.39 Å². The SMILES string of the molecule is Nc1ccc(F)c(O)c1C(=O)CCl. The second-order valence-electron chi connectivity index (χ2n) is 2.42. The summed E-state index contributed by atoms with van der Waals surface area (Å²) < 4.78 is 12.8. The van der Waals surface area contributed by atoms with Gasteiger partial charge >= 0.3 is 0 Å². The van der Waals surface area contributed by atoms with Crippen LogP contribution in [0.15, 0.2) is 12.1 Å². The van der Waals surface area contributed by atoms with Gasteiger partial charge in [-0.3, -0.25) is 4.79 Å². The first-order chi connectivity index (χ1) is 6.07. The summed E-state index contributed by atoms with van der Waals surface area (Å²) in [7, 11) is 0. The van der Waals surface area contributed by atoms with Crippen molar-refractivity contribution in [1.29, 1.82) is 0 Å². The van der Waals surface area contributed by atoms with Crippen LogP contribution >= 0.6 is 11.6 Å². The molecule has 0 heterocycles. The van der Waals surface area contributed by atoms with Crippen LogP contribution in [0, 0.1) is 5.82 Å². The van der Waals surface area contributed by atoms with E-state index in [0.29, 0.717) is 0 Å². The quantitative estimate of drug-likeness (QED) is 0.435. The van der Waals surface area contributed by atoms with Crippen molar-refractivity contribution in [2.75, 3.05) is 11.6 Å². The fraction of sp³-hybridized carbons (Fsp3) is 0.125. The highest BCUT2D eigenvalue weighted by molar-refractivity contribution is 6.31. The number of nitrogens with two attached hydrogens (primary N) is 1. The fourth-order valence-electron chi connectivity index (χ4n) is 0.941. The number of hydrogen-bond acceptors (Lipinski definition) is 3. The van der Waals surface area contributed by atoms with Gasteiger partial charge in [-0.05, 0) is 12.1 Å². The molecule has 0 atom stereocenters. The van der Waals surface area contributed by atoms with Crippen molar-refractivity contribution in [3.8, 4) is 5.75 Å². The summed E-state index contributed by atoms with van der Waals surface area (Å²) in [6.45, 7) is 0. The van der Waals surface area contributed by atoms with Crippen LogP contribution in [0.2, 0.25) is 0 Å². The average Bonchev–Trinajstić information content (AvgIpc) is 2.12. The molecule has 1 aromatic rings. The van der Waals surface area contributed by atoms with Crippen LogP contribution in [-0.4, -0.2) is 16.8 Å². The molecule has 1 rings (SSSR count). The molecule has 0 saturated heterocycles. The molecule has 0 spiro atoms. The van der Waals surface area contributed by atoms with Crippen LogP contribution in [0.25, 0.3) is 0 Å². The first kappa shape index (κ1) is 9.80. The van der Waals surface area contributed by atoms with E-state index >= 15 is 0 Å². The summed E-state index contributed by atoms with van der Waals surface area (Å²) in [5.74, 6) is -2.58. The van der Waals surface area contributed by atoms with Gasteiger partial charge in [0.25, 0.3) is 0 Å². The van der Waals surface area contributed by atoms with E-state index < -0.39 is 17.3 Å². The number of nitrogen functional groups attached to an aromatic ring is 1. The van der Waals surface area contributed by atoms with Crippen molar-refractivity contribution < 1.29 is 14.3 Å². The zero-order valence-electron chi connectivity index (χ0n) is 6.55. The van der Waals surface area contributed by atoms with Crippen LogP contribution in [0.1, 0.15) is 10.4 Å². The maximum Gasteiger partial charge on any atom is 0.183 e. The van der Waals surface area contributed by atoms with E-state index in [-0.39, 0.29) is 17.1 Å². The Kier molecular flexibility index (Phi) is 2.72. The molecule has 70 valence electrons. The molecule has 0 amide bonds. The predicted molar refractivity (Wildman–Crippen MR) is 47.5 cm³/mol. The predicted octanol–water partition coefficient (Wildman–Crippen LogP) is 1.53. The van der Waals surface area contributed by atoms with Crippen molar-refractivity contribution in [3.63, 3.8) is 0 Å². The van der Waals surface area contributed by atoms with Gasteiger partial charge in [-0.15, -0.1) is 11.6 Å². The van der Waals surface area contributed by atoms with Gasteiger partial charge in [0.2, 0.25) is 0 Å². The number of alkyl halides is 1. The number of anilines is 1. The molecule has 0 saturated carbocycles. The molecular formula is C8H7ClFNO2. The number of halogens is 2. The Labute approximate surface area is 78.9 Å². The molecule has 3 nitrogen and oxygen atoms in total. The van der Waals surface area contributed by atoms with Crippen molar-refractivity contribution >= 4 is 23.1 Å². The number of Topliss-reactive ketones (excluding diaryl/α,β-unsaturated/α-hetero) is 1. The Morgan fingerprint density at radius 2 is 2.23 bits per heavy atom. The summed E-state index contributed by atoms with van der Waals surface area (Å²) in [4.78, 5) is 11.1. The summed E-state index contributed by atoms with van der Waals surface area (Å²) in [6, 6.07) is 2.19. The number of ketones is 1. The van der Waals surface area contributed by atoms with Gasteiger partial charge in [0.05, 0.1) is 11.4 Å². The molecule has 1 aromatic carbocycles. The number of rotatable bonds is 2. The van der Waals surface area contributed by atoms with E-state index in [1.165, 1.54) is 6.07 Å². The topological polar surface area (TPSA) is 63.3 Å². The minimum atomic E-state index is -0.886. The summed E-state index contributed by atoms with van der Waals surface area (Å²) in [5, 5.41) is 9.15. The molecular weight excluding hydrogens is 197 g/mol. The third-order valence-corrected chi connectivity index (χ3v) is 1.80. The molecule has 0 radical (unpaired) electrons. The van der Waals surface area contributed by atoms with Crippen LogP contribution in [0.5, 0.6) is 5.75 Å². The van der Waals surface area contributed by atoms with E-state index in [1.807, 2.05) is 0 Å². The second kappa shape index (κ2) is 3.62. The zero-order valence-corrected chi connectivity index (χ0v) is 7.31. The molecule has 0 fully saturated rings. The van der Waals surface area contributed by atoms with Gasteiger partial charge in [0, 0.05) is 5.69 Å². The maximum absolute atomic E-state index is 12.8. The van der Waals surface area contributed by atoms with E-state index in [0.717, 1.165) is 6.07 Å². The lowest BCUT2D eigenvalue weighted by atomic mass is 10.1. The van der Waals surface area contributed by atoms with Gasteiger partial charge in [0.1, 0.15) is 0 Å². The monoisotopic (exact) mass is 203 g/mol. The molecule has 0 aliphatic heterocycles. The molecule has 0 aliphatic rings. The van der Waals surface area contributed by atoms with E-state index in [1.54, 1.807) is 0 Å². The van der Waals surface area contributed by atoms with E-state index in [9.17, 15) is 9.18 Å². The van der Waals surface area contributed by atoms with E-state index in [2.05, 4.69) is 0 Å². The van der Waals surface area contributed by atoms with Gasteiger partial charge < -0.3 is 10.8 Å². The highest BCUT2D eigenvalue weighted by Crippen LogP contribution is 2.27. The molecule has 0 aliphatic carbocycles. The van der Waals surface area contributed by atoms with Gasteiger partial charge in [0.15, 0.2) is 17.3 Å². The van der Waals surface area contributed by atoms with Crippen molar-refractivity contribution in [1.82, 2.24) is 0 Å². The normalized spacial score (nSPS) is 10.0.